The van der Waals surface area contributed by atoms with Crippen molar-refractivity contribution in [3.8, 4) is 33.8 Å². The molecule has 0 saturated heterocycles. The number of hydrogen-bond donors (Lipinski definition) is 0. The third-order valence-electron chi connectivity index (χ3n) is 4.71. The number of hydrogen-bond acceptors (Lipinski definition) is 4. The molecule has 0 N–H and O–H groups in total. The van der Waals surface area contributed by atoms with Crippen LogP contribution in [-0.2, 0) is 9.59 Å². The second-order valence-corrected chi connectivity index (χ2v) is 8.55. The molecule has 3 aromatic carbocycles. The van der Waals surface area contributed by atoms with Gasteiger partial charge in [0.2, 0.25) is 0 Å². The number of rotatable bonds is 5. The normalized spacial score (nSPS) is 11.0. The number of halogens is 1. The quantitative estimate of drug-likeness (QED) is 0.259. The van der Waals surface area contributed by atoms with Crippen LogP contribution < -0.4 is 9.47 Å². The summed E-state index contributed by atoms with van der Waals surface area (Å²) >= 11 is 0. The molecule has 0 heterocycles. The number of benzene rings is 3. The van der Waals surface area contributed by atoms with Gasteiger partial charge in [-0.25, -0.2) is 9.18 Å². The molecule has 0 amide bonds. The topological polar surface area (TPSA) is 52.6 Å². The van der Waals surface area contributed by atoms with E-state index < -0.39 is 17.2 Å². The molecule has 164 valence electrons. The Bertz CT molecular complexity index is 1150. The Hall–Kier alpha value is -3.73. The molecule has 3 rings (SSSR count). The molecule has 0 spiro atoms. The van der Waals surface area contributed by atoms with Crippen LogP contribution in [-0.4, -0.2) is 11.9 Å². The summed E-state index contributed by atoms with van der Waals surface area (Å²) in [6.45, 7) is 10.4. The Morgan fingerprint density at radius 3 is 1.78 bits per heavy atom. The second kappa shape index (κ2) is 9.18. The van der Waals surface area contributed by atoms with Gasteiger partial charge in [-0.05, 0) is 68.7 Å². The molecule has 0 atom stereocenters. The zero-order valence-electron chi connectivity index (χ0n) is 18.6. The highest BCUT2D eigenvalue weighted by Crippen LogP contribution is 2.30. The van der Waals surface area contributed by atoms with Gasteiger partial charge in [-0.3, -0.25) is 4.79 Å². The van der Waals surface area contributed by atoms with Crippen LogP contribution in [0.2, 0.25) is 0 Å². The van der Waals surface area contributed by atoms with Gasteiger partial charge in [0.25, 0.3) is 0 Å². The molecule has 0 unspecified atom stereocenters. The summed E-state index contributed by atoms with van der Waals surface area (Å²) in [5.41, 5.74) is 2.64. The minimum atomic E-state index is -0.597. The molecule has 32 heavy (non-hydrogen) atoms. The Kier molecular flexibility index (Phi) is 6.58. The maximum atomic E-state index is 14.6. The van der Waals surface area contributed by atoms with E-state index in [0.717, 1.165) is 11.1 Å². The van der Waals surface area contributed by atoms with Crippen molar-refractivity contribution in [3.05, 3.63) is 84.7 Å². The lowest BCUT2D eigenvalue weighted by molar-refractivity contribution is -0.143. The molecule has 0 fully saturated rings. The van der Waals surface area contributed by atoms with E-state index in [1.54, 1.807) is 45.0 Å². The van der Waals surface area contributed by atoms with E-state index in [9.17, 15) is 14.0 Å². The molecule has 4 nitrogen and oxygen atoms in total. The van der Waals surface area contributed by atoms with Gasteiger partial charge >= 0.3 is 11.9 Å². The Morgan fingerprint density at radius 1 is 0.781 bits per heavy atom. The monoisotopic (exact) mass is 432 g/mol. The third-order valence-corrected chi connectivity index (χ3v) is 4.71. The lowest BCUT2D eigenvalue weighted by Gasteiger charge is -2.16. The Balaban J connectivity index is 1.74. The highest BCUT2D eigenvalue weighted by molar-refractivity contribution is 5.88. The van der Waals surface area contributed by atoms with Gasteiger partial charge in [0.15, 0.2) is 0 Å². The van der Waals surface area contributed by atoms with Crippen molar-refractivity contribution in [2.24, 2.45) is 5.41 Å². The van der Waals surface area contributed by atoms with Crippen LogP contribution in [0.1, 0.15) is 27.7 Å². The maximum absolute atomic E-state index is 14.6. The molecule has 0 bridgehead atoms. The first-order valence-corrected chi connectivity index (χ1v) is 10.1. The molecule has 0 radical (unpaired) electrons. The summed E-state index contributed by atoms with van der Waals surface area (Å²) < 4.78 is 25.0. The van der Waals surface area contributed by atoms with E-state index >= 15 is 0 Å². The highest BCUT2D eigenvalue weighted by Gasteiger charge is 2.23. The van der Waals surface area contributed by atoms with Crippen LogP contribution in [0.15, 0.2) is 78.9 Å². The number of carbonyl (C=O) groups excluding carboxylic acids is 2. The first-order valence-electron chi connectivity index (χ1n) is 10.1. The Morgan fingerprint density at radius 2 is 1.28 bits per heavy atom. The highest BCUT2D eigenvalue weighted by atomic mass is 19.1. The molecule has 3 aromatic rings. The van der Waals surface area contributed by atoms with Gasteiger partial charge in [0.1, 0.15) is 17.3 Å². The van der Waals surface area contributed by atoms with Crippen LogP contribution >= 0.6 is 0 Å². The van der Waals surface area contributed by atoms with Gasteiger partial charge in [0, 0.05) is 17.2 Å². The summed E-state index contributed by atoms with van der Waals surface area (Å²) in [6.07, 6.45) is 0. The molecule has 5 heteroatoms. The zero-order valence-corrected chi connectivity index (χ0v) is 18.6. The smallest absolute Gasteiger partial charge is 0.338 e. The average Bonchev–Trinajstić information content (AvgIpc) is 2.74. The van der Waals surface area contributed by atoms with E-state index in [2.05, 4.69) is 6.58 Å². The minimum Gasteiger partial charge on any atom is -0.426 e. The van der Waals surface area contributed by atoms with E-state index in [0.29, 0.717) is 16.9 Å². The SMILES string of the molecule is C=C(C)C(=O)Oc1ccc(-c2ccc(-c3ccc(OC(=O)C(C)(C)C)cc3)cc2)c(F)c1. The van der Waals surface area contributed by atoms with Gasteiger partial charge in [-0.15, -0.1) is 0 Å². The molecule has 0 aliphatic rings. The van der Waals surface area contributed by atoms with Gasteiger partial charge in [-0.2, -0.15) is 0 Å². The van der Waals surface area contributed by atoms with Crippen molar-refractivity contribution in [1.82, 2.24) is 0 Å². The van der Waals surface area contributed by atoms with Gasteiger partial charge in [-0.1, -0.05) is 43.0 Å². The largest absolute Gasteiger partial charge is 0.426 e. The van der Waals surface area contributed by atoms with Gasteiger partial charge < -0.3 is 9.47 Å². The number of carbonyl (C=O) groups is 2. The Labute approximate surface area is 187 Å². The molecular formula is C27H25FO4. The van der Waals surface area contributed by atoms with Crippen molar-refractivity contribution in [2.45, 2.75) is 27.7 Å². The molecule has 0 aliphatic carbocycles. The van der Waals surface area contributed by atoms with E-state index in [1.165, 1.54) is 13.0 Å². The predicted octanol–water partition coefficient (Wildman–Crippen LogP) is 6.59. The second-order valence-electron chi connectivity index (χ2n) is 8.55. The summed E-state index contributed by atoms with van der Waals surface area (Å²) in [5, 5.41) is 0. The van der Waals surface area contributed by atoms with E-state index in [-0.39, 0.29) is 17.3 Å². The first-order chi connectivity index (χ1) is 15.0. The lowest BCUT2D eigenvalue weighted by Crippen LogP contribution is -2.25. The lowest BCUT2D eigenvalue weighted by atomic mass is 9.97. The van der Waals surface area contributed by atoms with Crippen molar-refractivity contribution in [2.75, 3.05) is 0 Å². The maximum Gasteiger partial charge on any atom is 0.338 e. The van der Waals surface area contributed by atoms with E-state index in [4.69, 9.17) is 9.47 Å². The molecule has 0 aromatic heterocycles. The zero-order chi connectivity index (χ0) is 23.5. The molecule has 0 aliphatic heterocycles. The van der Waals surface area contributed by atoms with Gasteiger partial charge in [0.05, 0.1) is 5.41 Å². The minimum absolute atomic E-state index is 0.128. The summed E-state index contributed by atoms with van der Waals surface area (Å²) in [6, 6.07) is 18.9. The van der Waals surface area contributed by atoms with Crippen molar-refractivity contribution < 1.29 is 23.5 Å². The van der Waals surface area contributed by atoms with Crippen LogP contribution in [0.5, 0.6) is 11.5 Å². The number of esters is 2. The van der Waals surface area contributed by atoms with Crippen molar-refractivity contribution >= 4 is 11.9 Å². The first kappa shape index (κ1) is 22.9. The fourth-order valence-electron chi connectivity index (χ4n) is 2.81. The fraction of sp³-hybridized carbons (Fsp3) is 0.185. The molecular weight excluding hydrogens is 407 g/mol. The summed E-state index contributed by atoms with van der Waals surface area (Å²) in [7, 11) is 0. The third kappa shape index (κ3) is 5.49. The average molecular weight is 432 g/mol. The van der Waals surface area contributed by atoms with Crippen LogP contribution in [0.25, 0.3) is 22.3 Å². The van der Waals surface area contributed by atoms with E-state index in [1.807, 2.05) is 36.4 Å². The predicted molar refractivity (Wildman–Crippen MR) is 123 cm³/mol. The summed E-state index contributed by atoms with van der Waals surface area (Å²) in [5.74, 6) is -0.768. The van der Waals surface area contributed by atoms with Crippen molar-refractivity contribution in [1.29, 1.82) is 0 Å². The van der Waals surface area contributed by atoms with Crippen LogP contribution in [0.3, 0.4) is 0 Å². The fourth-order valence-corrected chi connectivity index (χ4v) is 2.81. The molecule has 0 saturated carbocycles. The van der Waals surface area contributed by atoms with Crippen molar-refractivity contribution in [3.63, 3.8) is 0 Å². The standard InChI is InChI=1S/C27H25FO4/c1-17(2)25(29)31-22-14-15-23(24(28)16-22)20-8-6-18(7-9-20)19-10-12-21(13-11-19)32-26(30)27(3,4)5/h6-16H,1H2,2-5H3. The van der Waals surface area contributed by atoms with Crippen LogP contribution in [0.4, 0.5) is 4.39 Å². The number of ether oxygens (including phenoxy) is 2. The van der Waals surface area contributed by atoms with Crippen LogP contribution in [0, 0.1) is 11.2 Å². The summed E-state index contributed by atoms with van der Waals surface area (Å²) in [4.78, 5) is 23.6.